The van der Waals surface area contributed by atoms with Gasteiger partial charge in [0.1, 0.15) is 23.5 Å². The van der Waals surface area contributed by atoms with E-state index < -0.39 is 18.1 Å². The minimum Gasteiger partial charge on any atom is -0.462 e. The molecule has 10 nitrogen and oxygen atoms in total. The fourth-order valence-electron chi connectivity index (χ4n) is 7.95. The number of aromatic nitrogens is 3. The summed E-state index contributed by atoms with van der Waals surface area (Å²) in [6.07, 6.45) is 6.43. The summed E-state index contributed by atoms with van der Waals surface area (Å²) < 4.78 is 42.5. The van der Waals surface area contributed by atoms with Crippen LogP contribution in [0.4, 0.5) is 19.4 Å². The minimum atomic E-state index is -0.589. The summed E-state index contributed by atoms with van der Waals surface area (Å²) in [5, 5.41) is 1.38. The van der Waals surface area contributed by atoms with E-state index in [0.717, 1.165) is 61.7 Å². The molecule has 49 heavy (non-hydrogen) atoms. The first-order valence-corrected chi connectivity index (χ1v) is 17.6. The molecular formula is C37H47F2N7O3. The Balaban J connectivity index is 1.26. The first kappa shape index (κ1) is 33.5. The molecule has 3 saturated heterocycles. The predicted octanol–water partition coefficient (Wildman–Crippen LogP) is 6.21. The number of aromatic amines is 1. The number of anilines is 1. The fourth-order valence-corrected chi connectivity index (χ4v) is 7.95. The maximum Gasteiger partial charge on any atom is 0.410 e. The van der Waals surface area contributed by atoms with Gasteiger partial charge in [0.15, 0.2) is 5.82 Å². The molecular weight excluding hydrogens is 628 g/mol. The summed E-state index contributed by atoms with van der Waals surface area (Å²) in [4.78, 5) is 32.5. The smallest absolute Gasteiger partial charge is 0.410 e. The van der Waals surface area contributed by atoms with Crippen molar-refractivity contribution in [2.45, 2.75) is 83.0 Å². The number of rotatable bonds is 10. The third-order valence-electron chi connectivity index (χ3n) is 10.2. The molecule has 7 rings (SSSR count). The number of likely N-dealkylation sites (tertiary alicyclic amines) is 1. The molecule has 0 saturated carbocycles. The third-order valence-corrected chi connectivity index (χ3v) is 10.2. The number of alkyl halides is 1. The molecule has 3 aliphatic heterocycles. The van der Waals surface area contributed by atoms with Crippen molar-refractivity contribution in [1.82, 2.24) is 24.8 Å². The van der Waals surface area contributed by atoms with Gasteiger partial charge in [-0.15, -0.1) is 0 Å². The standard InChI is InChI=1S/C37H47F2N7O3/c1-37(2,3)49-36(47)46-24-10-11-25(46)21-45(20-24)34-28-13-12-27(29-19-41-30-9-4-7-23(14-15-38)31(29)30)32(39)33(28)42-35(43-34)48-22-26-8-5-17-44(26)18-6-16-40/h4,7,9,12-13,19,24-26,41H,5-6,8,10-11,14-18,20-22,40H2,1-3H3/t24-,25+,26-/m0/s1. The van der Waals surface area contributed by atoms with E-state index in [1.165, 1.54) is 0 Å². The van der Waals surface area contributed by atoms with Crippen molar-refractivity contribution in [1.29, 1.82) is 0 Å². The van der Waals surface area contributed by atoms with Crippen LogP contribution in [-0.2, 0) is 11.2 Å². The Bertz CT molecular complexity index is 1810. The zero-order chi connectivity index (χ0) is 34.3. The molecule has 5 heterocycles. The summed E-state index contributed by atoms with van der Waals surface area (Å²) >= 11 is 0. The van der Waals surface area contributed by atoms with Gasteiger partial charge >= 0.3 is 12.1 Å². The number of carbonyl (C=O) groups excluding carboxylic acids is 1. The van der Waals surface area contributed by atoms with Crippen molar-refractivity contribution in [2.75, 3.05) is 50.9 Å². The number of H-pyrrole nitrogens is 1. The Labute approximate surface area is 285 Å². The number of hydrogen-bond acceptors (Lipinski definition) is 8. The molecule has 12 heteroatoms. The van der Waals surface area contributed by atoms with Gasteiger partial charge < -0.3 is 25.1 Å². The SMILES string of the molecule is CC(C)(C)OC(=O)N1[C@@H]2CC[C@H]1CN(c1nc(OC[C@@H]3CCCN3CCCN)nc3c(F)c(-c4c[nH]c5cccc(CCF)c45)ccc13)C2. The highest BCUT2D eigenvalue weighted by atomic mass is 19.1. The van der Waals surface area contributed by atoms with Crippen LogP contribution >= 0.6 is 0 Å². The Kier molecular flexibility index (Phi) is 9.36. The van der Waals surface area contributed by atoms with Gasteiger partial charge in [-0.25, -0.2) is 9.18 Å². The third kappa shape index (κ3) is 6.64. The number of benzene rings is 2. The number of carbonyl (C=O) groups is 1. The Morgan fingerprint density at radius 3 is 2.61 bits per heavy atom. The topological polar surface area (TPSA) is 113 Å². The first-order chi connectivity index (χ1) is 23.6. The quantitative estimate of drug-likeness (QED) is 0.204. The number of nitrogens with one attached hydrogen (secondary N) is 1. The number of hydrogen-bond donors (Lipinski definition) is 2. The van der Waals surface area contributed by atoms with E-state index in [0.29, 0.717) is 48.6 Å². The molecule has 3 atom stereocenters. The average Bonchev–Trinajstić information content (AvgIpc) is 3.78. The number of piperazine rings is 1. The maximum absolute atomic E-state index is 16.9. The van der Waals surface area contributed by atoms with E-state index in [9.17, 15) is 9.18 Å². The predicted molar refractivity (Wildman–Crippen MR) is 187 cm³/mol. The molecule has 1 amide bonds. The van der Waals surface area contributed by atoms with Crippen LogP contribution in [0.2, 0.25) is 0 Å². The van der Waals surface area contributed by atoms with E-state index >= 15 is 4.39 Å². The van der Waals surface area contributed by atoms with E-state index in [1.807, 2.05) is 49.9 Å². The molecule has 3 N–H and O–H groups in total. The van der Waals surface area contributed by atoms with Crippen molar-refractivity contribution in [3.8, 4) is 17.1 Å². The molecule has 3 aliphatic rings. The molecule has 0 unspecified atom stereocenters. The van der Waals surface area contributed by atoms with Gasteiger partial charge in [0, 0.05) is 59.2 Å². The molecule has 2 aromatic carbocycles. The second-order valence-corrected chi connectivity index (χ2v) is 14.6. The van der Waals surface area contributed by atoms with Crippen LogP contribution in [0, 0.1) is 5.82 Å². The van der Waals surface area contributed by atoms with E-state index in [2.05, 4.69) is 14.8 Å². The number of nitrogens with two attached hydrogens (primary N) is 1. The van der Waals surface area contributed by atoms with Crippen LogP contribution < -0.4 is 15.4 Å². The second kappa shape index (κ2) is 13.7. The number of fused-ring (bicyclic) bond motifs is 4. The van der Waals surface area contributed by atoms with Gasteiger partial charge in [0.05, 0.1) is 18.8 Å². The zero-order valence-electron chi connectivity index (χ0n) is 28.7. The number of nitrogens with zero attached hydrogens (tertiary/aromatic N) is 5. The maximum atomic E-state index is 16.9. The monoisotopic (exact) mass is 675 g/mol. The van der Waals surface area contributed by atoms with Gasteiger partial charge in [-0.2, -0.15) is 9.97 Å². The van der Waals surface area contributed by atoms with E-state index in [4.69, 9.17) is 25.2 Å². The van der Waals surface area contributed by atoms with E-state index in [-0.39, 0.29) is 42.2 Å². The Morgan fingerprint density at radius 1 is 1.08 bits per heavy atom. The number of halogens is 2. The van der Waals surface area contributed by atoms with Gasteiger partial charge in [-0.3, -0.25) is 14.2 Å². The molecule has 0 aliphatic carbocycles. The van der Waals surface area contributed by atoms with Crippen LogP contribution in [0.15, 0.2) is 36.5 Å². The van der Waals surface area contributed by atoms with Crippen molar-refractivity contribution >= 4 is 33.7 Å². The van der Waals surface area contributed by atoms with E-state index in [1.54, 1.807) is 12.3 Å². The molecule has 2 aromatic heterocycles. The lowest BCUT2D eigenvalue weighted by Crippen LogP contribution is -2.57. The molecule has 2 bridgehead atoms. The first-order valence-electron chi connectivity index (χ1n) is 17.6. The van der Waals surface area contributed by atoms with Crippen molar-refractivity contribution < 1.29 is 23.0 Å². The molecule has 262 valence electrons. The van der Waals surface area contributed by atoms with Gasteiger partial charge in [-0.05, 0) is 90.2 Å². The fraction of sp³-hybridized carbons (Fsp3) is 0.541. The molecule has 4 aromatic rings. The highest BCUT2D eigenvalue weighted by Gasteiger charge is 2.45. The summed E-state index contributed by atoms with van der Waals surface area (Å²) in [6, 6.07) is 9.54. The largest absolute Gasteiger partial charge is 0.462 e. The highest BCUT2D eigenvalue weighted by Crippen LogP contribution is 2.40. The Morgan fingerprint density at radius 2 is 1.88 bits per heavy atom. The van der Waals surface area contributed by atoms with Crippen LogP contribution in [0.25, 0.3) is 32.9 Å². The summed E-state index contributed by atoms with van der Waals surface area (Å²) in [7, 11) is 0. The van der Waals surface area contributed by atoms with Gasteiger partial charge in [0.25, 0.3) is 0 Å². The molecule has 0 radical (unpaired) electrons. The summed E-state index contributed by atoms with van der Waals surface area (Å²) in [6.45, 7) is 9.13. The molecule has 0 spiro atoms. The van der Waals surface area contributed by atoms with Crippen LogP contribution in [0.5, 0.6) is 6.01 Å². The normalized spacial score (nSPS) is 21.3. The van der Waals surface area contributed by atoms with Crippen LogP contribution in [-0.4, -0.2) is 101 Å². The Hall–Kier alpha value is -4.03. The summed E-state index contributed by atoms with van der Waals surface area (Å²) in [5.74, 6) is 0.109. The lowest BCUT2D eigenvalue weighted by Gasteiger charge is -2.42. The molecule has 3 fully saturated rings. The average molecular weight is 676 g/mol. The lowest BCUT2D eigenvalue weighted by atomic mass is 9.98. The number of amides is 1. The van der Waals surface area contributed by atoms with Crippen molar-refractivity contribution in [2.24, 2.45) is 5.73 Å². The van der Waals surface area contributed by atoms with Crippen molar-refractivity contribution in [3.63, 3.8) is 0 Å². The number of ether oxygens (including phenoxy) is 2. The van der Waals surface area contributed by atoms with Crippen molar-refractivity contribution in [3.05, 3.63) is 47.9 Å². The second-order valence-electron chi connectivity index (χ2n) is 14.6. The highest BCUT2D eigenvalue weighted by molar-refractivity contribution is 6.01. The zero-order valence-corrected chi connectivity index (χ0v) is 28.7. The minimum absolute atomic E-state index is 0.0539. The van der Waals surface area contributed by atoms with Gasteiger partial charge in [0.2, 0.25) is 0 Å². The lowest BCUT2D eigenvalue weighted by molar-refractivity contribution is 0.0122. The van der Waals surface area contributed by atoms with Gasteiger partial charge in [-0.1, -0.05) is 18.2 Å². The number of aryl methyl sites for hydroxylation is 1. The van der Waals surface area contributed by atoms with Crippen LogP contribution in [0.3, 0.4) is 0 Å². The van der Waals surface area contributed by atoms with Crippen LogP contribution in [0.1, 0.15) is 58.4 Å². The summed E-state index contributed by atoms with van der Waals surface area (Å²) in [5.41, 5.74) is 8.04.